The molecule has 0 spiro atoms. The van der Waals surface area contributed by atoms with E-state index in [2.05, 4.69) is 59.9 Å². The van der Waals surface area contributed by atoms with Gasteiger partial charge in [0.25, 0.3) is 0 Å². The maximum Gasteiger partial charge on any atom is 0.0320 e. The Morgan fingerprint density at radius 1 is 0.833 bits per heavy atom. The van der Waals surface area contributed by atoms with Crippen molar-refractivity contribution in [2.75, 3.05) is 6.54 Å². The van der Waals surface area contributed by atoms with Crippen molar-refractivity contribution in [1.82, 2.24) is 5.32 Å². The molecule has 1 N–H and O–H groups in total. The van der Waals surface area contributed by atoms with Crippen molar-refractivity contribution in [2.45, 2.75) is 25.3 Å². The van der Waals surface area contributed by atoms with Crippen LogP contribution in [-0.4, -0.2) is 6.54 Å². The molecule has 0 aliphatic carbocycles. The molecule has 1 fully saturated rings. The fourth-order valence-electron chi connectivity index (χ4n) is 2.70. The Kier molecular flexibility index (Phi) is 3.42. The summed E-state index contributed by atoms with van der Waals surface area (Å²) in [6.45, 7) is 1.15. The molecule has 2 aromatic carbocycles. The summed E-state index contributed by atoms with van der Waals surface area (Å²) in [5, 5.41) is 3.61. The van der Waals surface area contributed by atoms with Crippen molar-refractivity contribution in [3.8, 4) is 11.1 Å². The van der Waals surface area contributed by atoms with Crippen LogP contribution >= 0.6 is 0 Å². The van der Waals surface area contributed by atoms with Crippen LogP contribution in [0.5, 0.6) is 0 Å². The van der Waals surface area contributed by atoms with Crippen molar-refractivity contribution < 1.29 is 0 Å². The van der Waals surface area contributed by atoms with Gasteiger partial charge >= 0.3 is 0 Å². The first-order valence-corrected chi connectivity index (χ1v) is 6.82. The summed E-state index contributed by atoms with van der Waals surface area (Å²) in [5.74, 6) is 0. The largest absolute Gasteiger partial charge is 0.310 e. The molecule has 0 saturated carbocycles. The van der Waals surface area contributed by atoms with E-state index in [0.717, 1.165) is 6.54 Å². The van der Waals surface area contributed by atoms with E-state index in [4.69, 9.17) is 0 Å². The highest BCUT2D eigenvalue weighted by atomic mass is 14.9. The van der Waals surface area contributed by atoms with Gasteiger partial charge in [-0.2, -0.15) is 0 Å². The quantitative estimate of drug-likeness (QED) is 0.826. The maximum atomic E-state index is 3.61. The van der Waals surface area contributed by atoms with Crippen LogP contribution in [0, 0.1) is 0 Å². The number of benzene rings is 2. The van der Waals surface area contributed by atoms with Gasteiger partial charge in [-0.05, 0) is 42.1 Å². The Morgan fingerprint density at radius 3 is 2.44 bits per heavy atom. The van der Waals surface area contributed by atoms with Gasteiger partial charge in [0, 0.05) is 6.04 Å². The Hall–Kier alpha value is -1.60. The second kappa shape index (κ2) is 5.36. The summed E-state index contributed by atoms with van der Waals surface area (Å²) in [6.07, 6.45) is 3.92. The Morgan fingerprint density at radius 2 is 1.67 bits per heavy atom. The third-order valence-electron chi connectivity index (χ3n) is 3.71. The lowest BCUT2D eigenvalue weighted by Crippen LogP contribution is -2.26. The molecular formula is C17H19N. The second-order valence-corrected chi connectivity index (χ2v) is 4.99. The molecule has 1 saturated heterocycles. The van der Waals surface area contributed by atoms with Gasteiger partial charge in [0.2, 0.25) is 0 Å². The first-order chi connectivity index (χ1) is 8.93. The minimum atomic E-state index is 0.544. The average Bonchev–Trinajstić information content (AvgIpc) is 2.49. The molecule has 1 aliphatic heterocycles. The molecule has 0 bridgehead atoms. The van der Waals surface area contributed by atoms with Crippen LogP contribution in [0.3, 0.4) is 0 Å². The molecule has 1 heteroatoms. The highest BCUT2D eigenvalue weighted by Gasteiger charge is 2.14. The smallest absolute Gasteiger partial charge is 0.0320 e. The number of hydrogen-bond acceptors (Lipinski definition) is 1. The maximum absolute atomic E-state index is 3.61. The van der Waals surface area contributed by atoms with Gasteiger partial charge in [0.15, 0.2) is 0 Å². The fraction of sp³-hybridized carbons (Fsp3) is 0.294. The van der Waals surface area contributed by atoms with E-state index in [1.54, 1.807) is 0 Å². The number of nitrogens with one attached hydrogen (secondary N) is 1. The van der Waals surface area contributed by atoms with E-state index in [-0.39, 0.29) is 0 Å². The van der Waals surface area contributed by atoms with E-state index in [9.17, 15) is 0 Å². The van der Waals surface area contributed by atoms with Gasteiger partial charge in [-0.25, -0.2) is 0 Å². The Balaban J connectivity index is 1.89. The lowest BCUT2D eigenvalue weighted by Gasteiger charge is -2.24. The minimum Gasteiger partial charge on any atom is -0.310 e. The molecule has 1 heterocycles. The molecule has 1 aliphatic rings. The van der Waals surface area contributed by atoms with Crippen LogP contribution < -0.4 is 5.32 Å². The molecule has 92 valence electrons. The highest BCUT2D eigenvalue weighted by Crippen LogP contribution is 2.27. The van der Waals surface area contributed by atoms with E-state index >= 15 is 0 Å². The molecule has 2 aromatic rings. The van der Waals surface area contributed by atoms with Crippen molar-refractivity contribution in [3.05, 3.63) is 60.2 Å². The van der Waals surface area contributed by atoms with E-state index in [1.165, 1.54) is 36.0 Å². The van der Waals surface area contributed by atoms with Gasteiger partial charge in [0.1, 0.15) is 0 Å². The van der Waals surface area contributed by atoms with Gasteiger partial charge < -0.3 is 5.32 Å². The average molecular weight is 237 g/mol. The number of hydrogen-bond donors (Lipinski definition) is 1. The lowest BCUT2D eigenvalue weighted by atomic mass is 9.94. The Bertz CT molecular complexity index is 498. The first-order valence-electron chi connectivity index (χ1n) is 6.82. The molecule has 0 unspecified atom stereocenters. The van der Waals surface area contributed by atoms with Gasteiger partial charge in [0.05, 0.1) is 0 Å². The second-order valence-electron chi connectivity index (χ2n) is 4.99. The molecular weight excluding hydrogens is 218 g/mol. The highest BCUT2D eigenvalue weighted by molar-refractivity contribution is 5.64. The zero-order chi connectivity index (χ0) is 12.2. The summed E-state index contributed by atoms with van der Waals surface area (Å²) in [6, 6.07) is 20.1. The fourth-order valence-corrected chi connectivity index (χ4v) is 2.70. The molecule has 3 rings (SSSR count). The van der Waals surface area contributed by atoms with Crippen molar-refractivity contribution in [2.24, 2.45) is 0 Å². The summed E-state index contributed by atoms with van der Waals surface area (Å²) < 4.78 is 0. The monoisotopic (exact) mass is 237 g/mol. The van der Waals surface area contributed by atoms with Crippen LogP contribution in [-0.2, 0) is 0 Å². The molecule has 18 heavy (non-hydrogen) atoms. The summed E-state index contributed by atoms with van der Waals surface area (Å²) >= 11 is 0. The van der Waals surface area contributed by atoms with Crippen LogP contribution in [0.15, 0.2) is 54.6 Å². The summed E-state index contributed by atoms with van der Waals surface area (Å²) in [4.78, 5) is 0. The molecule has 0 aromatic heterocycles. The Labute approximate surface area is 109 Å². The zero-order valence-electron chi connectivity index (χ0n) is 10.6. The van der Waals surface area contributed by atoms with Crippen molar-refractivity contribution >= 4 is 0 Å². The van der Waals surface area contributed by atoms with Crippen LogP contribution in [0.1, 0.15) is 30.9 Å². The predicted octanol–water partition coefficient (Wildman–Crippen LogP) is 4.17. The van der Waals surface area contributed by atoms with Crippen molar-refractivity contribution in [1.29, 1.82) is 0 Å². The van der Waals surface area contributed by atoms with Gasteiger partial charge in [-0.15, -0.1) is 0 Å². The SMILES string of the molecule is c1ccc(-c2cccc([C@H]3CCCCN3)c2)cc1. The standard InChI is InChI=1S/C17H19N/c1-2-7-14(8-3-1)15-9-6-10-16(13-15)17-11-4-5-12-18-17/h1-3,6-10,13,17-18H,4-5,11-12H2/t17-/m1/s1. The molecule has 0 amide bonds. The minimum absolute atomic E-state index is 0.544. The van der Waals surface area contributed by atoms with E-state index in [1.807, 2.05) is 0 Å². The van der Waals surface area contributed by atoms with Crippen LogP contribution in [0.25, 0.3) is 11.1 Å². The summed E-state index contributed by atoms with van der Waals surface area (Å²) in [5.41, 5.74) is 4.05. The molecule has 0 radical (unpaired) electrons. The normalized spacial score (nSPS) is 19.7. The molecule has 1 atom stereocenters. The van der Waals surface area contributed by atoms with Gasteiger partial charge in [-0.3, -0.25) is 0 Å². The van der Waals surface area contributed by atoms with E-state index < -0.39 is 0 Å². The zero-order valence-corrected chi connectivity index (χ0v) is 10.6. The topological polar surface area (TPSA) is 12.0 Å². The molecule has 1 nitrogen and oxygen atoms in total. The first kappa shape index (κ1) is 11.5. The van der Waals surface area contributed by atoms with E-state index in [0.29, 0.717) is 6.04 Å². The van der Waals surface area contributed by atoms with Crippen molar-refractivity contribution in [3.63, 3.8) is 0 Å². The van der Waals surface area contributed by atoms with Crippen LogP contribution in [0.2, 0.25) is 0 Å². The van der Waals surface area contributed by atoms with Crippen LogP contribution in [0.4, 0.5) is 0 Å². The number of rotatable bonds is 2. The lowest BCUT2D eigenvalue weighted by molar-refractivity contribution is 0.412. The van der Waals surface area contributed by atoms with Gasteiger partial charge in [-0.1, -0.05) is 55.0 Å². The third-order valence-corrected chi connectivity index (χ3v) is 3.71. The summed E-state index contributed by atoms with van der Waals surface area (Å²) in [7, 11) is 0. The third kappa shape index (κ3) is 2.46. The predicted molar refractivity (Wildman–Crippen MR) is 76.5 cm³/mol. The number of piperidine rings is 1.